The molecule has 6 nitrogen and oxygen atoms in total. The Morgan fingerprint density at radius 2 is 1.70 bits per heavy atom. The molecule has 0 saturated carbocycles. The van der Waals surface area contributed by atoms with Gasteiger partial charge in [-0.25, -0.2) is 14.7 Å². The van der Waals surface area contributed by atoms with Gasteiger partial charge in [-0.1, -0.05) is 29.8 Å². The molecule has 1 aliphatic rings. The second kappa shape index (κ2) is 5.92. The van der Waals surface area contributed by atoms with Crippen molar-refractivity contribution in [3.8, 4) is 10.6 Å². The quantitative estimate of drug-likeness (QED) is 0.638. The van der Waals surface area contributed by atoms with Gasteiger partial charge in [0.25, 0.3) is 0 Å². The fourth-order valence-corrected chi connectivity index (χ4v) is 3.16. The number of carbonyl (C=O) groups excluding carboxylic acids is 3. The highest BCUT2D eigenvalue weighted by Gasteiger charge is 2.43. The van der Waals surface area contributed by atoms with Crippen LogP contribution in [0.1, 0.15) is 18.2 Å². The summed E-state index contributed by atoms with van der Waals surface area (Å²) < 4.78 is 0. The van der Waals surface area contributed by atoms with Crippen molar-refractivity contribution in [1.82, 2.24) is 14.8 Å². The number of aromatic nitrogens is 1. The van der Waals surface area contributed by atoms with Gasteiger partial charge in [-0.05, 0) is 13.8 Å². The molecule has 1 aliphatic heterocycles. The summed E-state index contributed by atoms with van der Waals surface area (Å²) in [5.74, 6) is -1.56. The van der Waals surface area contributed by atoms with Crippen LogP contribution in [-0.4, -0.2) is 39.2 Å². The van der Waals surface area contributed by atoms with Gasteiger partial charge in [-0.2, -0.15) is 0 Å². The third-order valence-electron chi connectivity index (χ3n) is 3.62. The lowest BCUT2D eigenvalue weighted by molar-refractivity contribution is -0.143. The maximum absolute atomic E-state index is 12.1. The van der Waals surface area contributed by atoms with Crippen molar-refractivity contribution in [2.45, 2.75) is 20.4 Å². The van der Waals surface area contributed by atoms with E-state index in [4.69, 9.17) is 0 Å². The van der Waals surface area contributed by atoms with Crippen LogP contribution >= 0.6 is 11.3 Å². The molecule has 2 heterocycles. The van der Waals surface area contributed by atoms with E-state index in [0.717, 1.165) is 25.9 Å². The predicted octanol–water partition coefficient (Wildman–Crippen LogP) is 2.43. The van der Waals surface area contributed by atoms with E-state index >= 15 is 0 Å². The van der Waals surface area contributed by atoms with E-state index in [9.17, 15) is 14.4 Å². The Labute approximate surface area is 137 Å². The summed E-state index contributed by atoms with van der Waals surface area (Å²) >= 11 is 1.44. The summed E-state index contributed by atoms with van der Waals surface area (Å²) in [6.07, 6.45) is 0. The first kappa shape index (κ1) is 15.4. The average Bonchev–Trinajstić information content (AvgIpc) is 3.08. The van der Waals surface area contributed by atoms with Crippen LogP contribution in [0.4, 0.5) is 4.79 Å². The van der Waals surface area contributed by atoms with Crippen molar-refractivity contribution in [3.63, 3.8) is 0 Å². The van der Waals surface area contributed by atoms with Crippen molar-refractivity contribution >= 4 is 29.2 Å². The zero-order valence-electron chi connectivity index (χ0n) is 12.8. The van der Waals surface area contributed by atoms with Crippen LogP contribution in [0.3, 0.4) is 0 Å². The number of benzene rings is 1. The zero-order valence-corrected chi connectivity index (χ0v) is 13.6. The number of likely N-dealkylation sites (N-methyl/N-ethyl adjacent to an activating group) is 1. The topological polar surface area (TPSA) is 70.6 Å². The summed E-state index contributed by atoms with van der Waals surface area (Å²) in [6, 6.07) is 7.38. The van der Waals surface area contributed by atoms with Crippen LogP contribution in [0.5, 0.6) is 0 Å². The molecule has 7 heteroatoms. The number of amides is 4. The van der Waals surface area contributed by atoms with Gasteiger partial charge in [0.05, 0.1) is 12.2 Å². The van der Waals surface area contributed by atoms with E-state index in [1.165, 1.54) is 11.3 Å². The second-order valence-corrected chi connectivity index (χ2v) is 6.09. The maximum atomic E-state index is 12.1. The summed E-state index contributed by atoms with van der Waals surface area (Å²) in [7, 11) is 0. The molecular formula is C16H15N3O3S. The summed E-state index contributed by atoms with van der Waals surface area (Å²) in [5.41, 5.74) is 2.74. The van der Waals surface area contributed by atoms with Crippen LogP contribution < -0.4 is 0 Å². The van der Waals surface area contributed by atoms with Crippen LogP contribution in [0.15, 0.2) is 29.6 Å². The number of rotatable bonds is 4. The standard InChI is InChI=1S/C16H15N3O3S/c1-3-18-14(20)15(21)19(16(18)22)8-12-9-23-13(17-12)11-6-4-10(2)5-7-11/h4-7,9H,3,8H2,1-2H3. The Morgan fingerprint density at radius 3 is 2.30 bits per heavy atom. The van der Waals surface area contributed by atoms with Crippen LogP contribution in [0.25, 0.3) is 10.6 Å². The monoisotopic (exact) mass is 329 g/mol. The van der Waals surface area contributed by atoms with E-state index in [1.54, 1.807) is 12.3 Å². The lowest BCUT2D eigenvalue weighted by Gasteiger charge is -2.12. The van der Waals surface area contributed by atoms with Crippen LogP contribution in [0.2, 0.25) is 0 Å². The van der Waals surface area contributed by atoms with E-state index in [2.05, 4.69) is 4.98 Å². The number of carbonyl (C=O) groups is 3. The van der Waals surface area contributed by atoms with Crippen molar-refractivity contribution in [3.05, 3.63) is 40.9 Å². The molecule has 0 N–H and O–H groups in total. The lowest BCUT2D eigenvalue weighted by Crippen LogP contribution is -2.32. The number of urea groups is 1. The first-order valence-electron chi connectivity index (χ1n) is 7.20. The van der Waals surface area contributed by atoms with Gasteiger partial charge in [0.15, 0.2) is 0 Å². The van der Waals surface area contributed by atoms with E-state index < -0.39 is 17.8 Å². The van der Waals surface area contributed by atoms with E-state index in [1.807, 2.05) is 31.2 Å². The largest absolute Gasteiger partial charge is 0.334 e. The number of nitrogens with zero attached hydrogens (tertiary/aromatic N) is 3. The Balaban J connectivity index is 1.79. The Bertz CT molecular complexity index is 782. The molecule has 0 bridgehead atoms. The number of thiazole rings is 1. The highest BCUT2D eigenvalue weighted by Crippen LogP contribution is 2.25. The predicted molar refractivity (Wildman–Crippen MR) is 85.6 cm³/mol. The van der Waals surface area contributed by atoms with Gasteiger partial charge in [-0.15, -0.1) is 11.3 Å². The molecule has 3 rings (SSSR count). The highest BCUT2D eigenvalue weighted by molar-refractivity contribution is 7.13. The summed E-state index contributed by atoms with van der Waals surface area (Å²) in [4.78, 5) is 42.0. The molecule has 0 unspecified atom stereocenters. The normalized spacial score (nSPS) is 15.0. The molecule has 118 valence electrons. The molecular weight excluding hydrogens is 314 g/mol. The Kier molecular flexibility index (Phi) is 3.96. The van der Waals surface area contributed by atoms with E-state index in [0.29, 0.717) is 5.69 Å². The molecule has 1 aromatic carbocycles. The molecule has 0 radical (unpaired) electrons. The molecule has 4 amide bonds. The SMILES string of the molecule is CCN1C(=O)C(=O)N(Cc2csc(-c3ccc(C)cc3)n2)C1=O. The number of hydrogen-bond acceptors (Lipinski definition) is 5. The number of aryl methyl sites for hydroxylation is 1. The maximum Gasteiger partial charge on any atom is 0.334 e. The minimum absolute atomic E-state index is 0.0161. The minimum Gasteiger partial charge on any atom is -0.263 e. The fraction of sp³-hybridized carbons (Fsp3) is 0.250. The molecule has 0 spiro atoms. The minimum atomic E-state index is -0.790. The van der Waals surface area contributed by atoms with Crippen molar-refractivity contribution < 1.29 is 14.4 Å². The molecule has 1 fully saturated rings. The Morgan fingerprint density at radius 1 is 1.04 bits per heavy atom. The van der Waals surface area contributed by atoms with Gasteiger partial charge in [0.1, 0.15) is 5.01 Å². The van der Waals surface area contributed by atoms with Crippen LogP contribution in [0, 0.1) is 6.92 Å². The fourth-order valence-electron chi connectivity index (χ4n) is 2.34. The third-order valence-corrected chi connectivity index (χ3v) is 4.56. The summed E-state index contributed by atoms with van der Waals surface area (Å²) in [6.45, 7) is 3.87. The molecule has 1 saturated heterocycles. The second-order valence-electron chi connectivity index (χ2n) is 5.23. The smallest absolute Gasteiger partial charge is 0.263 e. The third kappa shape index (κ3) is 2.75. The van der Waals surface area contributed by atoms with Crippen molar-refractivity contribution in [2.24, 2.45) is 0 Å². The van der Waals surface area contributed by atoms with Crippen molar-refractivity contribution in [2.75, 3.05) is 6.54 Å². The first-order valence-corrected chi connectivity index (χ1v) is 8.08. The molecule has 2 aromatic rings. The molecule has 0 aliphatic carbocycles. The average molecular weight is 329 g/mol. The van der Waals surface area contributed by atoms with Gasteiger partial charge in [-0.3, -0.25) is 14.5 Å². The van der Waals surface area contributed by atoms with Gasteiger partial charge in [0.2, 0.25) is 0 Å². The number of imide groups is 2. The first-order chi connectivity index (χ1) is 11.0. The lowest BCUT2D eigenvalue weighted by atomic mass is 10.2. The molecule has 1 aromatic heterocycles. The van der Waals surface area contributed by atoms with Gasteiger partial charge < -0.3 is 0 Å². The zero-order chi connectivity index (χ0) is 16.6. The van der Waals surface area contributed by atoms with Crippen molar-refractivity contribution in [1.29, 1.82) is 0 Å². The molecule has 0 atom stereocenters. The molecule has 23 heavy (non-hydrogen) atoms. The Hall–Kier alpha value is -2.54. The summed E-state index contributed by atoms with van der Waals surface area (Å²) in [5, 5.41) is 2.62. The number of hydrogen-bond donors (Lipinski definition) is 0. The van der Waals surface area contributed by atoms with Crippen LogP contribution in [-0.2, 0) is 16.1 Å². The van der Waals surface area contributed by atoms with Gasteiger partial charge in [0, 0.05) is 17.5 Å². The van der Waals surface area contributed by atoms with Gasteiger partial charge >= 0.3 is 17.8 Å². The highest BCUT2D eigenvalue weighted by atomic mass is 32.1. The van der Waals surface area contributed by atoms with E-state index in [-0.39, 0.29) is 13.1 Å².